The second-order valence-corrected chi connectivity index (χ2v) is 3.59. The summed E-state index contributed by atoms with van der Waals surface area (Å²) in [7, 11) is 0. The van der Waals surface area contributed by atoms with Crippen molar-refractivity contribution in [3.8, 4) is 12.3 Å². The van der Waals surface area contributed by atoms with E-state index in [-0.39, 0.29) is 5.91 Å². The Morgan fingerprint density at radius 2 is 2.12 bits per heavy atom. The maximum atomic E-state index is 11.5. The van der Waals surface area contributed by atoms with Gasteiger partial charge in [-0.2, -0.15) is 0 Å². The first-order chi connectivity index (χ1) is 7.67. The van der Waals surface area contributed by atoms with Crippen LogP contribution in [0.4, 0.5) is 0 Å². The molecule has 16 heavy (non-hydrogen) atoms. The van der Waals surface area contributed by atoms with Crippen LogP contribution in [0, 0.1) is 19.3 Å². The van der Waals surface area contributed by atoms with Gasteiger partial charge in [-0.15, -0.1) is 6.42 Å². The summed E-state index contributed by atoms with van der Waals surface area (Å²) in [5.74, 6) is 2.33. The first-order valence-electron chi connectivity index (χ1n) is 5.07. The fourth-order valence-electron chi connectivity index (χ4n) is 1.36. The molecule has 0 aliphatic rings. The lowest BCUT2D eigenvalue weighted by atomic mass is 10.1. The highest BCUT2D eigenvalue weighted by Gasteiger charge is 2.08. The number of carbonyl (C=O) groups is 1. The van der Waals surface area contributed by atoms with Crippen LogP contribution < -0.4 is 0 Å². The molecule has 0 saturated heterocycles. The number of rotatable bonds is 4. The van der Waals surface area contributed by atoms with E-state index >= 15 is 0 Å². The number of carbonyl (C=O) groups excluding carboxylic acids is 1. The zero-order valence-corrected chi connectivity index (χ0v) is 9.44. The van der Waals surface area contributed by atoms with Gasteiger partial charge in [0.05, 0.1) is 6.54 Å². The molecule has 0 N–H and O–H groups in total. The van der Waals surface area contributed by atoms with E-state index in [1.807, 2.05) is 31.2 Å². The minimum atomic E-state index is -0.140. The number of aryl methyl sites for hydroxylation is 1. The van der Waals surface area contributed by atoms with Crippen molar-refractivity contribution < 1.29 is 4.79 Å². The lowest BCUT2D eigenvalue weighted by molar-refractivity contribution is -0.125. The Hall–Kier alpha value is -2.01. The Balaban J connectivity index is 2.75. The Labute approximate surface area is 96.6 Å². The van der Waals surface area contributed by atoms with Crippen LogP contribution in [0.2, 0.25) is 0 Å². The van der Waals surface area contributed by atoms with Crippen LogP contribution in [-0.4, -0.2) is 17.4 Å². The molecule has 0 aliphatic heterocycles. The van der Waals surface area contributed by atoms with Crippen molar-refractivity contribution in [2.75, 3.05) is 6.54 Å². The minimum absolute atomic E-state index is 0.140. The monoisotopic (exact) mass is 213 g/mol. The van der Waals surface area contributed by atoms with E-state index in [2.05, 4.69) is 12.5 Å². The van der Waals surface area contributed by atoms with E-state index in [0.29, 0.717) is 13.1 Å². The van der Waals surface area contributed by atoms with Crippen molar-refractivity contribution in [2.45, 2.75) is 13.5 Å². The molecular formula is C14H15NO. The van der Waals surface area contributed by atoms with E-state index in [1.165, 1.54) is 11.6 Å². The molecule has 82 valence electrons. The predicted octanol–water partition coefficient (Wildman–Crippen LogP) is 2.14. The predicted molar refractivity (Wildman–Crippen MR) is 65.6 cm³/mol. The SMILES string of the molecule is C#CCN(Cc1ccc(C)cc1)C(=O)C=C. The third-order valence-corrected chi connectivity index (χ3v) is 2.26. The van der Waals surface area contributed by atoms with Crippen LogP contribution in [0.25, 0.3) is 0 Å². The van der Waals surface area contributed by atoms with Gasteiger partial charge in [0.25, 0.3) is 0 Å². The van der Waals surface area contributed by atoms with E-state index in [4.69, 9.17) is 6.42 Å². The second-order valence-electron chi connectivity index (χ2n) is 3.59. The fraction of sp³-hybridized carbons (Fsp3) is 0.214. The molecule has 2 heteroatoms. The molecule has 0 bridgehead atoms. The topological polar surface area (TPSA) is 20.3 Å². The maximum absolute atomic E-state index is 11.5. The van der Waals surface area contributed by atoms with Gasteiger partial charge in [-0.05, 0) is 18.6 Å². The quantitative estimate of drug-likeness (QED) is 0.554. The Kier molecular flexibility index (Phi) is 4.35. The molecule has 0 spiro atoms. The third-order valence-electron chi connectivity index (χ3n) is 2.26. The molecule has 0 heterocycles. The van der Waals surface area contributed by atoms with Crippen molar-refractivity contribution in [1.82, 2.24) is 4.90 Å². The van der Waals surface area contributed by atoms with Gasteiger partial charge < -0.3 is 4.90 Å². The highest BCUT2D eigenvalue weighted by atomic mass is 16.2. The number of hydrogen-bond acceptors (Lipinski definition) is 1. The standard InChI is InChI=1S/C14H15NO/c1-4-10-15(14(16)5-2)11-13-8-6-12(3)7-9-13/h1,5-9H,2,10-11H2,3H3. The summed E-state index contributed by atoms with van der Waals surface area (Å²) >= 11 is 0. The molecule has 1 aromatic rings. The normalized spacial score (nSPS) is 9.25. The molecular weight excluding hydrogens is 198 g/mol. The molecule has 0 aliphatic carbocycles. The van der Waals surface area contributed by atoms with Crippen molar-refractivity contribution in [2.24, 2.45) is 0 Å². The first kappa shape index (κ1) is 12.1. The Morgan fingerprint density at radius 1 is 1.50 bits per heavy atom. The summed E-state index contributed by atoms with van der Waals surface area (Å²) in [6.45, 7) is 6.31. The molecule has 1 amide bonds. The minimum Gasteiger partial charge on any atom is -0.324 e. The van der Waals surface area contributed by atoms with Gasteiger partial charge in [0, 0.05) is 6.54 Å². The van der Waals surface area contributed by atoms with Crippen LogP contribution >= 0.6 is 0 Å². The van der Waals surface area contributed by atoms with Crippen LogP contribution in [0.1, 0.15) is 11.1 Å². The van der Waals surface area contributed by atoms with Crippen LogP contribution in [0.3, 0.4) is 0 Å². The summed E-state index contributed by atoms with van der Waals surface area (Å²) in [5.41, 5.74) is 2.26. The van der Waals surface area contributed by atoms with Crippen molar-refractivity contribution in [3.05, 3.63) is 48.0 Å². The van der Waals surface area contributed by atoms with Crippen LogP contribution in [0.5, 0.6) is 0 Å². The van der Waals surface area contributed by atoms with Gasteiger partial charge in [0.2, 0.25) is 5.91 Å². The average molecular weight is 213 g/mol. The molecule has 1 rings (SSSR count). The smallest absolute Gasteiger partial charge is 0.247 e. The number of nitrogens with zero attached hydrogens (tertiary/aromatic N) is 1. The van der Waals surface area contributed by atoms with Gasteiger partial charge in [-0.1, -0.05) is 42.3 Å². The van der Waals surface area contributed by atoms with Gasteiger partial charge in [0.1, 0.15) is 0 Å². The van der Waals surface area contributed by atoms with E-state index < -0.39 is 0 Å². The lowest BCUT2D eigenvalue weighted by Gasteiger charge is -2.18. The largest absolute Gasteiger partial charge is 0.324 e. The number of benzene rings is 1. The van der Waals surface area contributed by atoms with Crippen molar-refractivity contribution >= 4 is 5.91 Å². The Morgan fingerprint density at radius 3 is 2.62 bits per heavy atom. The lowest BCUT2D eigenvalue weighted by Crippen LogP contribution is -2.29. The summed E-state index contributed by atoms with van der Waals surface area (Å²) in [6.07, 6.45) is 6.50. The molecule has 0 fully saturated rings. The summed E-state index contributed by atoms with van der Waals surface area (Å²) in [6, 6.07) is 8.02. The summed E-state index contributed by atoms with van der Waals surface area (Å²) < 4.78 is 0. The number of terminal acetylenes is 1. The van der Waals surface area contributed by atoms with Crippen LogP contribution in [-0.2, 0) is 11.3 Å². The van der Waals surface area contributed by atoms with Gasteiger partial charge >= 0.3 is 0 Å². The van der Waals surface area contributed by atoms with Gasteiger partial charge in [0.15, 0.2) is 0 Å². The second kappa shape index (κ2) is 5.77. The highest BCUT2D eigenvalue weighted by molar-refractivity contribution is 5.87. The zero-order valence-electron chi connectivity index (χ0n) is 9.44. The van der Waals surface area contributed by atoms with E-state index in [1.54, 1.807) is 4.90 Å². The van der Waals surface area contributed by atoms with E-state index in [0.717, 1.165) is 5.56 Å². The molecule has 0 unspecified atom stereocenters. The van der Waals surface area contributed by atoms with Crippen molar-refractivity contribution in [3.63, 3.8) is 0 Å². The van der Waals surface area contributed by atoms with Gasteiger partial charge in [-0.3, -0.25) is 4.79 Å². The Bertz CT molecular complexity index is 411. The average Bonchev–Trinajstić information content (AvgIpc) is 2.30. The maximum Gasteiger partial charge on any atom is 0.247 e. The molecule has 0 aromatic heterocycles. The van der Waals surface area contributed by atoms with Gasteiger partial charge in [-0.25, -0.2) is 0 Å². The van der Waals surface area contributed by atoms with Crippen molar-refractivity contribution in [1.29, 1.82) is 0 Å². The zero-order chi connectivity index (χ0) is 12.0. The number of hydrogen-bond donors (Lipinski definition) is 0. The first-order valence-corrected chi connectivity index (χ1v) is 5.07. The molecule has 0 saturated carbocycles. The fourth-order valence-corrected chi connectivity index (χ4v) is 1.36. The summed E-state index contributed by atoms with van der Waals surface area (Å²) in [4.78, 5) is 13.1. The molecule has 2 nitrogen and oxygen atoms in total. The summed E-state index contributed by atoms with van der Waals surface area (Å²) in [5, 5.41) is 0. The van der Waals surface area contributed by atoms with Crippen LogP contribution in [0.15, 0.2) is 36.9 Å². The highest BCUT2D eigenvalue weighted by Crippen LogP contribution is 2.07. The number of amides is 1. The molecule has 0 atom stereocenters. The third kappa shape index (κ3) is 3.29. The molecule has 0 radical (unpaired) electrons. The van der Waals surface area contributed by atoms with E-state index in [9.17, 15) is 4.79 Å². The molecule has 1 aromatic carbocycles.